The Kier molecular flexibility index (Phi) is 11.6. The lowest BCUT2D eigenvalue weighted by molar-refractivity contribution is -0.142. The highest BCUT2D eigenvalue weighted by molar-refractivity contribution is 7.92. The summed E-state index contributed by atoms with van der Waals surface area (Å²) in [7, 11) is -2.01. The summed E-state index contributed by atoms with van der Waals surface area (Å²) in [6.07, 6.45) is 1.93. The Hall–Kier alpha value is -3.27. The highest BCUT2D eigenvalue weighted by Crippen LogP contribution is 2.23. The number of carbonyl (C=O) groups excluding carboxylic acids is 2. The molecule has 0 aliphatic heterocycles. The van der Waals surface area contributed by atoms with Crippen LogP contribution in [0.2, 0.25) is 0 Å². The molecule has 39 heavy (non-hydrogen) atoms. The van der Waals surface area contributed by atoms with Gasteiger partial charge in [-0.25, -0.2) is 8.42 Å². The molecule has 10 heteroatoms. The van der Waals surface area contributed by atoms with Gasteiger partial charge in [-0.2, -0.15) is 0 Å². The smallest absolute Gasteiger partial charge is 0.243 e. The van der Waals surface area contributed by atoms with E-state index in [-0.39, 0.29) is 37.7 Å². The number of ether oxygens (including phenoxy) is 2. The zero-order valence-corrected chi connectivity index (χ0v) is 25.0. The molecule has 0 aliphatic carbocycles. The average molecular weight is 562 g/mol. The van der Waals surface area contributed by atoms with Crippen LogP contribution in [-0.4, -0.2) is 63.2 Å². The topological polar surface area (TPSA) is 105 Å². The molecule has 0 unspecified atom stereocenters. The number of amides is 2. The number of hydrogen-bond donors (Lipinski definition) is 1. The number of nitrogens with one attached hydrogen (secondary N) is 1. The summed E-state index contributed by atoms with van der Waals surface area (Å²) >= 11 is 0. The molecule has 9 nitrogen and oxygen atoms in total. The molecule has 0 fully saturated rings. The van der Waals surface area contributed by atoms with Crippen molar-refractivity contribution < 1.29 is 27.5 Å². The van der Waals surface area contributed by atoms with Gasteiger partial charge < -0.3 is 19.7 Å². The van der Waals surface area contributed by atoms with Crippen LogP contribution in [0.3, 0.4) is 0 Å². The van der Waals surface area contributed by atoms with Gasteiger partial charge in [0.05, 0.1) is 25.7 Å². The van der Waals surface area contributed by atoms with Gasteiger partial charge in [0.2, 0.25) is 21.8 Å². The second-order valence-corrected chi connectivity index (χ2v) is 12.3. The highest BCUT2D eigenvalue weighted by atomic mass is 32.2. The van der Waals surface area contributed by atoms with E-state index in [9.17, 15) is 18.0 Å². The number of methoxy groups -OCH3 is 1. The first-order valence-corrected chi connectivity index (χ1v) is 15.1. The summed E-state index contributed by atoms with van der Waals surface area (Å²) < 4.78 is 37.2. The third-order valence-corrected chi connectivity index (χ3v) is 7.15. The predicted octanol–water partition coefficient (Wildman–Crippen LogP) is 4.36. The van der Waals surface area contributed by atoms with Gasteiger partial charge in [0, 0.05) is 25.0 Å². The molecule has 0 bridgehead atoms. The molecule has 0 radical (unpaired) electrons. The molecular weight excluding hydrogens is 518 g/mol. The fourth-order valence-electron chi connectivity index (χ4n) is 4.22. The van der Waals surface area contributed by atoms with E-state index in [1.54, 1.807) is 36.3 Å². The maximum absolute atomic E-state index is 13.6. The van der Waals surface area contributed by atoms with E-state index >= 15 is 0 Å². The lowest BCUT2D eigenvalue weighted by Crippen LogP contribution is -2.53. The minimum Gasteiger partial charge on any atom is -0.497 e. The normalized spacial score (nSPS) is 12.4. The molecule has 1 atom stereocenters. The second kappa shape index (κ2) is 14.2. The zero-order chi connectivity index (χ0) is 29.2. The Morgan fingerprint density at radius 2 is 1.69 bits per heavy atom. The Balaban J connectivity index is 2.24. The summed E-state index contributed by atoms with van der Waals surface area (Å²) in [5, 5.41) is 2.99. The molecule has 0 heterocycles. The molecule has 216 valence electrons. The van der Waals surface area contributed by atoms with E-state index in [4.69, 9.17) is 9.47 Å². The zero-order valence-electron chi connectivity index (χ0n) is 24.2. The Morgan fingerprint density at radius 1 is 1.03 bits per heavy atom. The van der Waals surface area contributed by atoms with Crippen molar-refractivity contribution in [1.29, 1.82) is 0 Å². The van der Waals surface area contributed by atoms with E-state index in [0.29, 0.717) is 30.2 Å². The van der Waals surface area contributed by atoms with Crippen molar-refractivity contribution in [1.82, 2.24) is 10.2 Å². The number of anilines is 1. The molecule has 0 aromatic heterocycles. The highest BCUT2D eigenvalue weighted by Gasteiger charge is 2.30. The van der Waals surface area contributed by atoms with Gasteiger partial charge in [0.1, 0.15) is 17.5 Å². The third-order valence-electron chi connectivity index (χ3n) is 5.96. The number of sulfonamides is 1. The molecule has 2 amide bonds. The molecular formula is C29H43N3O6S. The molecule has 0 aliphatic rings. The first-order chi connectivity index (χ1) is 18.3. The lowest BCUT2D eigenvalue weighted by Gasteiger charge is -2.33. The lowest BCUT2D eigenvalue weighted by atomic mass is 10.0. The first kappa shape index (κ1) is 31.9. The summed E-state index contributed by atoms with van der Waals surface area (Å²) in [5.41, 5.74) is 0.873. The maximum Gasteiger partial charge on any atom is 0.243 e. The van der Waals surface area contributed by atoms with Crippen molar-refractivity contribution in [2.24, 2.45) is 0 Å². The fourth-order valence-corrected chi connectivity index (χ4v) is 5.18. The minimum absolute atomic E-state index is 0.0757. The van der Waals surface area contributed by atoms with Crippen molar-refractivity contribution in [3.8, 4) is 11.5 Å². The largest absolute Gasteiger partial charge is 0.497 e. The molecule has 2 rings (SSSR count). The van der Waals surface area contributed by atoms with Crippen LogP contribution in [0.5, 0.6) is 11.5 Å². The number of rotatable bonds is 14. The van der Waals surface area contributed by atoms with Gasteiger partial charge >= 0.3 is 0 Å². The standard InChI is InChI=1S/C29H43N3O6S/c1-8-26(28(34)30-29(3,4)5)31(21-22-12-10-13-25(20-22)37-6)27(33)14-11-19-32(39(7,35)36)23-15-17-24(18-16-23)38-9-2/h10,12-13,15-18,20,26H,8-9,11,14,19,21H2,1-7H3,(H,30,34)/t26-/m0/s1. The van der Waals surface area contributed by atoms with Crippen LogP contribution in [0.4, 0.5) is 5.69 Å². The Bertz CT molecular complexity index is 1190. The van der Waals surface area contributed by atoms with E-state index < -0.39 is 21.6 Å². The van der Waals surface area contributed by atoms with E-state index in [0.717, 1.165) is 11.8 Å². The van der Waals surface area contributed by atoms with Crippen molar-refractivity contribution in [3.63, 3.8) is 0 Å². The first-order valence-electron chi connectivity index (χ1n) is 13.2. The van der Waals surface area contributed by atoms with E-state index in [1.165, 1.54) is 4.31 Å². The summed E-state index contributed by atoms with van der Waals surface area (Å²) in [4.78, 5) is 28.4. The van der Waals surface area contributed by atoms with Crippen LogP contribution in [0.1, 0.15) is 59.4 Å². The third kappa shape index (κ3) is 10.1. The van der Waals surface area contributed by atoms with Crippen LogP contribution < -0.4 is 19.1 Å². The van der Waals surface area contributed by atoms with Gasteiger partial charge in [-0.05, 0) is 82.5 Å². The van der Waals surface area contributed by atoms with Gasteiger partial charge in [-0.3, -0.25) is 13.9 Å². The van der Waals surface area contributed by atoms with Crippen molar-refractivity contribution in [2.45, 2.75) is 72.0 Å². The van der Waals surface area contributed by atoms with Crippen LogP contribution in [-0.2, 0) is 26.2 Å². The van der Waals surface area contributed by atoms with Gasteiger partial charge in [-0.15, -0.1) is 0 Å². The number of benzene rings is 2. The fraction of sp³-hybridized carbons (Fsp3) is 0.517. The van der Waals surface area contributed by atoms with Gasteiger partial charge in [0.25, 0.3) is 0 Å². The second-order valence-electron chi connectivity index (χ2n) is 10.4. The maximum atomic E-state index is 13.6. The average Bonchev–Trinajstić information content (AvgIpc) is 2.85. The SMILES string of the molecule is CCOc1ccc(N(CCCC(=O)N(Cc2cccc(OC)c2)[C@@H](CC)C(=O)NC(C)(C)C)S(C)(=O)=O)cc1. The number of carbonyl (C=O) groups is 2. The van der Waals surface area contributed by atoms with Gasteiger partial charge in [-0.1, -0.05) is 19.1 Å². The molecule has 1 N–H and O–H groups in total. The van der Waals surface area contributed by atoms with E-state index in [2.05, 4.69) is 5.32 Å². The van der Waals surface area contributed by atoms with Crippen molar-refractivity contribution >= 4 is 27.5 Å². The molecule has 0 saturated heterocycles. The van der Waals surface area contributed by atoms with Gasteiger partial charge in [0.15, 0.2) is 0 Å². The monoisotopic (exact) mass is 561 g/mol. The molecule has 2 aromatic carbocycles. The van der Waals surface area contributed by atoms with Crippen LogP contribution in [0.25, 0.3) is 0 Å². The van der Waals surface area contributed by atoms with Crippen LogP contribution in [0, 0.1) is 0 Å². The molecule has 0 spiro atoms. The summed E-state index contributed by atoms with van der Waals surface area (Å²) in [5.74, 6) is 0.853. The number of nitrogens with zero attached hydrogens (tertiary/aromatic N) is 2. The van der Waals surface area contributed by atoms with Crippen molar-refractivity contribution in [3.05, 3.63) is 54.1 Å². The van der Waals surface area contributed by atoms with E-state index in [1.807, 2.05) is 58.9 Å². The Labute approximate surface area is 233 Å². The molecule has 0 saturated carbocycles. The van der Waals surface area contributed by atoms with Crippen molar-refractivity contribution in [2.75, 3.05) is 30.8 Å². The predicted molar refractivity (Wildman–Crippen MR) is 155 cm³/mol. The quantitative estimate of drug-likeness (QED) is 0.367. The van der Waals surface area contributed by atoms with Crippen LogP contribution in [0.15, 0.2) is 48.5 Å². The number of hydrogen-bond acceptors (Lipinski definition) is 6. The molecule has 2 aromatic rings. The Morgan fingerprint density at radius 3 is 2.23 bits per heavy atom. The minimum atomic E-state index is -3.58. The summed E-state index contributed by atoms with van der Waals surface area (Å²) in [6.45, 7) is 10.3. The summed E-state index contributed by atoms with van der Waals surface area (Å²) in [6, 6.07) is 13.5. The van der Waals surface area contributed by atoms with Crippen LogP contribution >= 0.6 is 0 Å².